The molecule has 0 atom stereocenters. The third kappa shape index (κ3) is 6.61. The van der Waals surface area contributed by atoms with Crippen molar-refractivity contribution < 1.29 is 6.85 Å². The lowest BCUT2D eigenvalue weighted by molar-refractivity contribution is 1.19. The predicted octanol–water partition coefficient (Wildman–Crippen LogP) is 17.2. The molecule has 0 spiro atoms. The Bertz CT molecular complexity index is 3920. The summed E-state index contributed by atoms with van der Waals surface area (Å²) in [4.78, 5) is 2.34. The van der Waals surface area contributed by atoms with Gasteiger partial charge in [0.05, 0.1) is 23.6 Å². The molecule has 0 aliphatic heterocycles. The third-order valence-electron chi connectivity index (χ3n) is 12.5. The average molecular weight is 820 g/mol. The molecule has 0 saturated carbocycles. The Morgan fingerprint density at radius 3 is 1.55 bits per heavy atom. The predicted molar refractivity (Wildman–Crippen MR) is 272 cm³/mol. The lowest BCUT2D eigenvalue weighted by Gasteiger charge is -2.28. The average Bonchev–Trinajstić information content (AvgIpc) is 3.75. The van der Waals surface area contributed by atoms with Gasteiger partial charge in [-0.2, -0.15) is 0 Å². The minimum Gasteiger partial charge on any atom is -0.310 e. The first kappa shape index (κ1) is 32.3. The van der Waals surface area contributed by atoms with E-state index in [1.807, 2.05) is 24.3 Å². The molecular weight excluding hydrogens is 773 g/mol. The van der Waals surface area contributed by atoms with Crippen LogP contribution in [0.3, 0.4) is 0 Å². The fourth-order valence-corrected chi connectivity index (χ4v) is 9.36. The Hall–Kier alpha value is -8.46. The molecule has 1 aromatic heterocycles. The van der Waals surface area contributed by atoms with Gasteiger partial charge in [-0.25, -0.2) is 0 Å². The minimum atomic E-state index is -0.398. The van der Waals surface area contributed by atoms with Crippen molar-refractivity contribution in [2.75, 3.05) is 4.90 Å². The van der Waals surface area contributed by atoms with E-state index in [-0.39, 0.29) is 29.7 Å². The van der Waals surface area contributed by atoms with Gasteiger partial charge in [-0.05, 0) is 121 Å². The molecule has 0 radical (unpaired) electrons. The van der Waals surface area contributed by atoms with Crippen molar-refractivity contribution in [1.29, 1.82) is 0 Å². The number of para-hydroxylation sites is 2. The Kier molecular flexibility index (Phi) is 7.96. The molecule has 12 rings (SSSR count). The molecule has 0 unspecified atom stereocenters. The van der Waals surface area contributed by atoms with E-state index in [1.54, 1.807) is 0 Å². The van der Waals surface area contributed by atoms with E-state index in [0.29, 0.717) is 5.56 Å². The summed E-state index contributed by atoms with van der Waals surface area (Å²) >= 11 is 0. The summed E-state index contributed by atoms with van der Waals surface area (Å²) in [6, 6.07) is 77.7. The lowest BCUT2D eigenvalue weighted by atomic mass is 9.96. The monoisotopic (exact) mass is 819 g/mol. The van der Waals surface area contributed by atoms with Crippen LogP contribution in [0.15, 0.2) is 255 Å². The van der Waals surface area contributed by atoms with Crippen LogP contribution in [0.4, 0.5) is 17.1 Å². The van der Waals surface area contributed by atoms with Gasteiger partial charge in [-0.15, -0.1) is 0 Å². The molecule has 0 fully saturated rings. The highest BCUT2D eigenvalue weighted by Gasteiger charge is 2.22. The SMILES string of the molecule is [2H]c1c([2H])c([2H])c(-c2ccc(-c3ccc(N(c4ccc(-c5ccc6ccccc6c5)cc4)c4ccccc4-c4cccc5c4c4ccccc4n5-c4ccc5ccccc5c4)cc3)cc2)c([2H])c1[2H]. The van der Waals surface area contributed by atoms with Crippen molar-refractivity contribution in [2.24, 2.45) is 0 Å². The number of fused-ring (bicyclic) bond motifs is 5. The number of aromatic nitrogens is 1. The number of nitrogens with zero attached hydrogens (tertiary/aromatic N) is 2. The molecule has 1 heterocycles. The van der Waals surface area contributed by atoms with Crippen LogP contribution in [0, 0.1) is 0 Å². The summed E-state index contributed by atoms with van der Waals surface area (Å²) in [5.74, 6) is 0. The zero-order valence-corrected chi connectivity index (χ0v) is 34.8. The normalized spacial score (nSPS) is 12.5. The summed E-state index contributed by atoms with van der Waals surface area (Å²) in [6.07, 6.45) is 0. The maximum atomic E-state index is 8.51. The van der Waals surface area contributed by atoms with E-state index in [9.17, 15) is 0 Å². The standard InChI is InChI=1S/C62H42N2/c1-2-13-43(14-3-1)46-25-27-47(28-26-46)48-31-36-53(37-32-48)63(54-38-33-49(34-39-54)52-30-29-44-15-4-6-17-50(44)41-52)59-22-10-8-19-56(59)57-21-12-24-61-62(57)58-20-9-11-23-60(58)64(61)55-40-35-45-16-5-7-18-51(45)42-55/h1-42H/i1D,2D,3D,13D,14D. The largest absolute Gasteiger partial charge is 0.310 e. The second-order valence-corrected chi connectivity index (χ2v) is 16.2. The first-order valence-electron chi connectivity index (χ1n) is 24.1. The van der Waals surface area contributed by atoms with Gasteiger partial charge in [0.2, 0.25) is 0 Å². The number of hydrogen-bond acceptors (Lipinski definition) is 1. The van der Waals surface area contributed by atoms with E-state index >= 15 is 0 Å². The van der Waals surface area contributed by atoms with Crippen molar-refractivity contribution in [3.05, 3.63) is 255 Å². The van der Waals surface area contributed by atoms with Crippen LogP contribution < -0.4 is 4.90 Å². The molecule has 12 aromatic rings. The summed E-state index contributed by atoms with van der Waals surface area (Å²) in [7, 11) is 0. The molecule has 64 heavy (non-hydrogen) atoms. The highest BCUT2D eigenvalue weighted by molar-refractivity contribution is 6.17. The van der Waals surface area contributed by atoms with Crippen LogP contribution in [0.5, 0.6) is 0 Å². The minimum absolute atomic E-state index is 0.192. The number of hydrogen-bond donors (Lipinski definition) is 0. The van der Waals surface area contributed by atoms with Crippen LogP contribution >= 0.6 is 0 Å². The number of anilines is 3. The molecular formula is C62H42N2. The van der Waals surface area contributed by atoms with E-state index in [2.05, 4.69) is 210 Å². The van der Waals surface area contributed by atoms with Gasteiger partial charge in [0, 0.05) is 33.4 Å². The molecule has 0 amide bonds. The first-order valence-corrected chi connectivity index (χ1v) is 21.6. The molecule has 300 valence electrons. The van der Waals surface area contributed by atoms with Gasteiger partial charge in [-0.3, -0.25) is 0 Å². The molecule has 11 aromatic carbocycles. The summed E-state index contributed by atoms with van der Waals surface area (Å²) in [5, 5.41) is 7.18. The molecule has 2 nitrogen and oxygen atoms in total. The summed E-state index contributed by atoms with van der Waals surface area (Å²) < 4.78 is 43.8. The maximum Gasteiger partial charge on any atom is 0.0629 e. The van der Waals surface area contributed by atoms with Gasteiger partial charge >= 0.3 is 0 Å². The highest BCUT2D eigenvalue weighted by atomic mass is 15.1. The smallest absolute Gasteiger partial charge is 0.0629 e. The lowest BCUT2D eigenvalue weighted by Crippen LogP contribution is -2.11. The zero-order valence-electron chi connectivity index (χ0n) is 39.8. The molecule has 0 aliphatic rings. The van der Waals surface area contributed by atoms with Crippen molar-refractivity contribution in [3.8, 4) is 50.2 Å². The topological polar surface area (TPSA) is 8.17 Å². The van der Waals surface area contributed by atoms with Gasteiger partial charge < -0.3 is 9.47 Å². The third-order valence-corrected chi connectivity index (χ3v) is 12.5. The van der Waals surface area contributed by atoms with Crippen LogP contribution in [-0.2, 0) is 0 Å². The molecule has 0 N–H and O–H groups in total. The van der Waals surface area contributed by atoms with E-state index in [0.717, 1.165) is 67.2 Å². The van der Waals surface area contributed by atoms with E-state index < -0.39 is 6.04 Å². The van der Waals surface area contributed by atoms with Crippen molar-refractivity contribution in [2.45, 2.75) is 0 Å². The Balaban J connectivity index is 0.989. The van der Waals surface area contributed by atoms with Gasteiger partial charge in [0.25, 0.3) is 0 Å². The van der Waals surface area contributed by atoms with Gasteiger partial charge in [-0.1, -0.05) is 194 Å². The Morgan fingerprint density at radius 2 is 0.844 bits per heavy atom. The molecule has 0 saturated heterocycles. The van der Waals surface area contributed by atoms with Crippen molar-refractivity contribution in [3.63, 3.8) is 0 Å². The van der Waals surface area contributed by atoms with Crippen LogP contribution in [0.25, 0.3) is 93.5 Å². The van der Waals surface area contributed by atoms with E-state index in [4.69, 9.17) is 6.85 Å². The van der Waals surface area contributed by atoms with Crippen molar-refractivity contribution in [1.82, 2.24) is 4.57 Å². The van der Waals surface area contributed by atoms with Crippen LogP contribution in [0.1, 0.15) is 6.85 Å². The van der Waals surface area contributed by atoms with Gasteiger partial charge in [0.1, 0.15) is 0 Å². The van der Waals surface area contributed by atoms with Crippen LogP contribution in [-0.4, -0.2) is 4.57 Å². The quantitative estimate of drug-likeness (QED) is 0.148. The van der Waals surface area contributed by atoms with E-state index in [1.165, 1.54) is 32.3 Å². The van der Waals surface area contributed by atoms with Crippen molar-refractivity contribution >= 4 is 60.4 Å². The second-order valence-electron chi connectivity index (χ2n) is 16.2. The molecule has 2 heteroatoms. The Labute approximate surface area is 380 Å². The number of rotatable bonds is 8. The van der Waals surface area contributed by atoms with Gasteiger partial charge in [0.15, 0.2) is 0 Å². The maximum absolute atomic E-state index is 8.51. The molecule has 0 bridgehead atoms. The molecule has 0 aliphatic carbocycles. The highest BCUT2D eigenvalue weighted by Crippen LogP contribution is 2.46. The second kappa shape index (κ2) is 15.8. The van der Waals surface area contributed by atoms with Crippen LogP contribution in [0.2, 0.25) is 0 Å². The number of benzene rings is 11. The fraction of sp³-hybridized carbons (Fsp3) is 0. The first-order chi connectivity index (χ1) is 33.8. The Morgan fingerprint density at radius 1 is 0.344 bits per heavy atom. The zero-order chi connectivity index (χ0) is 46.8. The fourth-order valence-electron chi connectivity index (χ4n) is 9.36. The summed E-state index contributed by atoms with van der Waals surface area (Å²) in [5.41, 5.74) is 13.6. The summed E-state index contributed by atoms with van der Waals surface area (Å²) in [6.45, 7) is 0.